The molecule has 0 atom stereocenters. The van der Waals surface area contributed by atoms with Gasteiger partial charge in [0.2, 0.25) is 21.8 Å². The number of sulfonamides is 1. The fourth-order valence-corrected chi connectivity index (χ4v) is 4.23. The van der Waals surface area contributed by atoms with E-state index in [1.54, 1.807) is 30.5 Å². The van der Waals surface area contributed by atoms with Gasteiger partial charge >= 0.3 is 0 Å². The standard InChI is InChI=1S/C22H21N3O4S/c26-21-9-6-18-13-19(7-8-20(18)25-21)30(27,28)24-14-17-10-11-23-22(12-17)29-15-16-4-2-1-3-5-16/h1-5,7-8,10-13,24H,6,9,14-15H2,(H,25,26). The van der Waals surface area contributed by atoms with Gasteiger partial charge in [0.15, 0.2) is 0 Å². The zero-order valence-corrected chi connectivity index (χ0v) is 17.0. The maximum absolute atomic E-state index is 12.7. The SMILES string of the molecule is O=C1CCc2cc(S(=O)(=O)NCc3ccnc(OCc4ccccc4)c3)ccc2N1. The number of aryl methyl sites for hydroxylation is 1. The minimum absolute atomic E-state index is 0.0563. The third-order valence-corrected chi connectivity index (χ3v) is 6.18. The normalized spacial score (nSPS) is 13.4. The van der Waals surface area contributed by atoms with E-state index in [0.717, 1.165) is 16.7 Å². The fourth-order valence-electron chi connectivity index (χ4n) is 3.16. The van der Waals surface area contributed by atoms with E-state index in [1.165, 1.54) is 6.07 Å². The molecule has 8 heteroatoms. The molecule has 0 aliphatic carbocycles. The summed E-state index contributed by atoms with van der Waals surface area (Å²) in [6.07, 6.45) is 2.47. The van der Waals surface area contributed by atoms with Crippen LogP contribution in [0, 0.1) is 0 Å². The molecule has 7 nitrogen and oxygen atoms in total. The first-order valence-corrected chi connectivity index (χ1v) is 11.0. The molecule has 154 valence electrons. The van der Waals surface area contributed by atoms with E-state index < -0.39 is 10.0 Å². The number of nitrogens with one attached hydrogen (secondary N) is 2. The number of ether oxygens (including phenoxy) is 1. The number of pyridine rings is 1. The molecule has 0 bridgehead atoms. The first kappa shape index (κ1) is 20.1. The molecule has 0 saturated carbocycles. The Morgan fingerprint density at radius 1 is 1.00 bits per heavy atom. The van der Waals surface area contributed by atoms with Crippen molar-refractivity contribution in [2.45, 2.75) is 30.9 Å². The Balaban J connectivity index is 1.41. The Kier molecular flexibility index (Phi) is 5.78. The molecule has 3 aromatic rings. The lowest BCUT2D eigenvalue weighted by Crippen LogP contribution is -2.24. The van der Waals surface area contributed by atoms with E-state index >= 15 is 0 Å². The van der Waals surface area contributed by atoms with Gasteiger partial charge in [-0.15, -0.1) is 0 Å². The van der Waals surface area contributed by atoms with Gasteiger partial charge in [-0.05, 0) is 47.4 Å². The highest BCUT2D eigenvalue weighted by atomic mass is 32.2. The second-order valence-electron chi connectivity index (χ2n) is 6.97. The van der Waals surface area contributed by atoms with Gasteiger partial charge in [0, 0.05) is 30.9 Å². The number of carbonyl (C=O) groups is 1. The van der Waals surface area contributed by atoms with Crippen molar-refractivity contribution in [3.8, 4) is 5.88 Å². The third kappa shape index (κ3) is 4.84. The van der Waals surface area contributed by atoms with Crippen LogP contribution in [0.3, 0.4) is 0 Å². The summed E-state index contributed by atoms with van der Waals surface area (Å²) in [7, 11) is -3.70. The lowest BCUT2D eigenvalue weighted by atomic mass is 10.0. The van der Waals surface area contributed by atoms with Gasteiger partial charge in [0.25, 0.3) is 0 Å². The first-order valence-electron chi connectivity index (χ1n) is 9.54. The summed E-state index contributed by atoms with van der Waals surface area (Å²) in [5.41, 5.74) is 3.24. The predicted octanol–water partition coefficient (Wildman–Crippen LogP) is 3.02. The molecule has 2 N–H and O–H groups in total. The quantitative estimate of drug-likeness (QED) is 0.609. The summed E-state index contributed by atoms with van der Waals surface area (Å²) >= 11 is 0. The highest BCUT2D eigenvalue weighted by Crippen LogP contribution is 2.25. The summed E-state index contributed by atoms with van der Waals surface area (Å²) < 4.78 is 33.7. The highest BCUT2D eigenvalue weighted by molar-refractivity contribution is 7.89. The van der Waals surface area contributed by atoms with Gasteiger partial charge < -0.3 is 10.1 Å². The van der Waals surface area contributed by atoms with Crippen LogP contribution in [-0.4, -0.2) is 19.3 Å². The Hall–Kier alpha value is -3.23. The average molecular weight is 423 g/mol. The number of aromatic nitrogens is 1. The van der Waals surface area contributed by atoms with Crippen LogP contribution in [0.15, 0.2) is 71.8 Å². The van der Waals surface area contributed by atoms with Crippen molar-refractivity contribution in [3.05, 3.63) is 83.6 Å². The molecule has 0 fully saturated rings. The second-order valence-corrected chi connectivity index (χ2v) is 8.74. The van der Waals surface area contributed by atoms with E-state index in [0.29, 0.717) is 31.0 Å². The zero-order valence-electron chi connectivity index (χ0n) is 16.2. The Labute approximate surface area is 175 Å². The third-order valence-electron chi connectivity index (χ3n) is 4.78. The van der Waals surface area contributed by atoms with Crippen LogP contribution in [0.1, 0.15) is 23.1 Å². The number of carbonyl (C=O) groups excluding carboxylic acids is 1. The molecule has 2 aromatic carbocycles. The van der Waals surface area contributed by atoms with Crippen molar-refractivity contribution in [3.63, 3.8) is 0 Å². The summed E-state index contributed by atoms with van der Waals surface area (Å²) in [5.74, 6) is 0.374. The molecule has 4 rings (SSSR count). The lowest BCUT2D eigenvalue weighted by Gasteiger charge is -2.17. The van der Waals surface area contributed by atoms with Crippen LogP contribution in [0.5, 0.6) is 5.88 Å². The molecule has 1 aliphatic heterocycles. The Morgan fingerprint density at radius 2 is 1.83 bits per heavy atom. The molecule has 0 radical (unpaired) electrons. The summed E-state index contributed by atoms with van der Waals surface area (Å²) in [6.45, 7) is 0.495. The number of anilines is 1. The Bertz CT molecular complexity index is 1160. The van der Waals surface area contributed by atoms with Gasteiger partial charge in [-0.2, -0.15) is 0 Å². The van der Waals surface area contributed by atoms with E-state index in [2.05, 4.69) is 15.0 Å². The smallest absolute Gasteiger partial charge is 0.240 e. The van der Waals surface area contributed by atoms with E-state index in [-0.39, 0.29) is 17.3 Å². The van der Waals surface area contributed by atoms with E-state index in [4.69, 9.17) is 4.74 Å². The number of hydrogen-bond donors (Lipinski definition) is 2. The van der Waals surface area contributed by atoms with Crippen LogP contribution in [-0.2, 0) is 34.4 Å². The minimum atomic E-state index is -3.70. The number of amides is 1. The number of benzene rings is 2. The van der Waals surface area contributed by atoms with E-state index in [1.807, 2.05) is 30.3 Å². The van der Waals surface area contributed by atoms with Crippen LogP contribution in [0.4, 0.5) is 5.69 Å². The second kappa shape index (κ2) is 8.64. The maximum atomic E-state index is 12.7. The molecule has 0 saturated heterocycles. The maximum Gasteiger partial charge on any atom is 0.240 e. The molecular formula is C22H21N3O4S. The summed E-state index contributed by atoms with van der Waals surface area (Å²) in [6, 6.07) is 17.9. The van der Waals surface area contributed by atoms with E-state index in [9.17, 15) is 13.2 Å². The van der Waals surface area contributed by atoms with Crippen molar-refractivity contribution in [2.75, 3.05) is 5.32 Å². The van der Waals surface area contributed by atoms with Crippen molar-refractivity contribution in [2.24, 2.45) is 0 Å². The van der Waals surface area contributed by atoms with Crippen LogP contribution in [0.25, 0.3) is 0 Å². The zero-order chi connectivity index (χ0) is 21.0. The molecule has 30 heavy (non-hydrogen) atoms. The number of rotatable bonds is 7. The molecule has 1 amide bonds. The minimum Gasteiger partial charge on any atom is -0.473 e. The Morgan fingerprint density at radius 3 is 2.67 bits per heavy atom. The van der Waals surface area contributed by atoms with Gasteiger partial charge in [-0.25, -0.2) is 18.1 Å². The van der Waals surface area contributed by atoms with Crippen molar-refractivity contribution < 1.29 is 17.9 Å². The number of fused-ring (bicyclic) bond motifs is 1. The van der Waals surface area contributed by atoms with Gasteiger partial charge in [0.05, 0.1) is 4.90 Å². The first-order chi connectivity index (χ1) is 14.5. The fraction of sp³-hybridized carbons (Fsp3) is 0.182. The van der Waals surface area contributed by atoms with Crippen LogP contribution in [0.2, 0.25) is 0 Å². The molecule has 0 spiro atoms. The van der Waals surface area contributed by atoms with Crippen molar-refractivity contribution in [1.29, 1.82) is 0 Å². The number of hydrogen-bond acceptors (Lipinski definition) is 5. The molecule has 1 aliphatic rings. The van der Waals surface area contributed by atoms with Gasteiger partial charge in [-0.3, -0.25) is 4.79 Å². The van der Waals surface area contributed by atoms with Gasteiger partial charge in [-0.1, -0.05) is 30.3 Å². The lowest BCUT2D eigenvalue weighted by molar-refractivity contribution is -0.116. The summed E-state index contributed by atoms with van der Waals surface area (Å²) in [4.78, 5) is 15.8. The average Bonchev–Trinajstić information content (AvgIpc) is 2.77. The molecule has 0 unspecified atom stereocenters. The summed E-state index contributed by atoms with van der Waals surface area (Å²) in [5, 5.41) is 2.75. The van der Waals surface area contributed by atoms with Crippen molar-refractivity contribution in [1.82, 2.24) is 9.71 Å². The highest BCUT2D eigenvalue weighted by Gasteiger charge is 2.19. The number of nitrogens with zero attached hydrogens (tertiary/aromatic N) is 1. The molecule has 1 aromatic heterocycles. The molecular weight excluding hydrogens is 402 g/mol. The molecule has 2 heterocycles. The van der Waals surface area contributed by atoms with Crippen LogP contribution < -0.4 is 14.8 Å². The predicted molar refractivity (Wildman–Crippen MR) is 112 cm³/mol. The van der Waals surface area contributed by atoms with Gasteiger partial charge in [0.1, 0.15) is 6.61 Å². The monoisotopic (exact) mass is 423 g/mol. The topological polar surface area (TPSA) is 97.4 Å². The van der Waals surface area contributed by atoms with Crippen LogP contribution >= 0.6 is 0 Å². The van der Waals surface area contributed by atoms with Crippen molar-refractivity contribution >= 4 is 21.6 Å². The largest absolute Gasteiger partial charge is 0.473 e.